The number of hydrogen-bond donors (Lipinski definition) is 2. The maximum absolute atomic E-state index is 11.8. The predicted octanol–water partition coefficient (Wildman–Crippen LogP) is 1.41. The van der Waals surface area contributed by atoms with Gasteiger partial charge in [-0.1, -0.05) is 0 Å². The molecule has 0 amide bonds. The first-order valence-corrected chi connectivity index (χ1v) is 11.1. The van der Waals surface area contributed by atoms with E-state index in [4.69, 9.17) is 15.5 Å². The van der Waals surface area contributed by atoms with E-state index in [1.807, 2.05) is 13.8 Å². The van der Waals surface area contributed by atoms with E-state index in [0.29, 0.717) is 30.9 Å². The van der Waals surface area contributed by atoms with Crippen molar-refractivity contribution in [3.8, 4) is 0 Å². The number of fused-ring (bicyclic) bond motifs is 3. The van der Waals surface area contributed by atoms with E-state index < -0.39 is 15.6 Å². The minimum absolute atomic E-state index is 0.442. The van der Waals surface area contributed by atoms with Crippen molar-refractivity contribution in [3.05, 3.63) is 17.1 Å². The molecule has 0 bridgehead atoms. The molecule has 3 N–H and O–H groups in total. The van der Waals surface area contributed by atoms with Gasteiger partial charge in [-0.25, -0.2) is 23.1 Å². The maximum atomic E-state index is 11.8. The van der Waals surface area contributed by atoms with Gasteiger partial charge in [-0.15, -0.1) is 0 Å². The third-order valence-corrected chi connectivity index (χ3v) is 5.74. The molecule has 3 rings (SSSR count). The summed E-state index contributed by atoms with van der Waals surface area (Å²) in [6.45, 7) is 4.72. The largest absolute Gasteiger partial charge is 0.384 e. The van der Waals surface area contributed by atoms with E-state index in [1.165, 1.54) is 11.8 Å². The number of nitrogens with two attached hydrogens (primary N) is 1. The second-order valence-corrected chi connectivity index (χ2v) is 9.69. The second kappa shape index (κ2) is 7.37. The highest BCUT2D eigenvalue weighted by atomic mass is 32.2. The highest BCUT2D eigenvalue weighted by Gasteiger charge is 2.28. The molecule has 27 heavy (non-hydrogen) atoms. The minimum atomic E-state index is -3.34. The van der Waals surface area contributed by atoms with Gasteiger partial charge in [0.25, 0.3) is 0 Å². The first-order valence-electron chi connectivity index (χ1n) is 9.25. The SMILES string of the molecule is COCCc1nc2c(N)nc3c(c2n1CC(C)(C)NS(C)(=O)=O)CCCC3. The molecule has 8 nitrogen and oxygen atoms in total. The molecule has 0 aliphatic heterocycles. The van der Waals surface area contributed by atoms with Crippen LogP contribution in [-0.2, 0) is 40.6 Å². The van der Waals surface area contributed by atoms with Crippen LogP contribution >= 0.6 is 0 Å². The number of sulfonamides is 1. The number of ether oxygens (including phenoxy) is 1. The van der Waals surface area contributed by atoms with Crippen LogP contribution in [0.1, 0.15) is 43.8 Å². The van der Waals surface area contributed by atoms with Crippen LogP contribution in [0.3, 0.4) is 0 Å². The van der Waals surface area contributed by atoms with Crippen LogP contribution in [0, 0.1) is 0 Å². The van der Waals surface area contributed by atoms with Crippen LogP contribution in [0.5, 0.6) is 0 Å². The van der Waals surface area contributed by atoms with E-state index in [0.717, 1.165) is 42.7 Å². The molecule has 2 aromatic heterocycles. The summed E-state index contributed by atoms with van der Waals surface area (Å²) in [6.07, 6.45) is 5.87. The Balaban J connectivity index is 2.16. The van der Waals surface area contributed by atoms with Crippen molar-refractivity contribution >= 4 is 26.9 Å². The van der Waals surface area contributed by atoms with Crippen molar-refractivity contribution < 1.29 is 13.2 Å². The van der Waals surface area contributed by atoms with Gasteiger partial charge < -0.3 is 15.0 Å². The van der Waals surface area contributed by atoms with Crippen LogP contribution < -0.4 is 10.5 Å². The fraction of sp³-hybridized carbons (Fsp3) is 0.667. The average Bonchev–Trinajstić information content (AvgIpc) is 2.89. The van der Waals surface area contributed by atoms with Gasteiger partial charge in [0.2, 0.25) is 10.0 Å². The lowest BCUT2D eigenvalue weighted by Crippen LogP contribution is -2.46. The number of aromatic nitrogens is 3. The first kappa shape index (κ1) is 20.0. The molecular formula is C18H29N5O3S. The number of rotatable bonds is 7. The third-order valence-electron chi connectivity index (χ3n) is 4.81. The Kier molecular flexibility index (Phi) is 5.47. The Morgan fingerprint density at radius 3 is 2.63 bits per heavy atom. The monoisotopic (exact) mass is 395 g/mol. The lowest BCUT2D eigenvalue weighted by molar-refractivity contribution is 0.199. The third kappa shape index (κ3) is 4.41. The van der Waals surface area contributed by atoms with Gasteiger partial charge in [0.1, 0.15) is 11.3 Å². The zero-order valence-corrected chi connectivity index (χ0v) is 17.3. The molecule has 0 unspecified atom stereocenters. The number of hydrogen-bond acceptors (Lipinski definition) is 6. The fourth-order valence-corrected chi connectivity index (χ4v) is 5.00. The van der Waals surface area contributed by atoms with Crippen LogP contribution in [0.15, 0.2) is 0 Å². The molecule has 0 spiro atoms. The van der Waals surface area contributed by atoms with E-state index in [1.54, 1.807) is 7.11 Å². The Labute approximate surface area is 160 Å². The van der Waals surface area contributed by atoms with E-state index in [9.17, 15) is 8.42 Å². The molecule has 0 radical (unpaired) electrons. The highest BCUT2D eigenvalue weighted by Crippen LogP contribution is 2.32. The van der Waals surface area contributed by atoms with Gasteiger partial charge in [0.15, 0.2) is 5.82 Å². The number of imidazole rings is 1. The Morgan fingerprint density at radius 1 is 1.26 bits per heavy atom. The number of methoxy groups -OCH3 is 1. The standard InChI is InChI=1S/C18H29N5O3S/c1-18(2,22-27(4,24)25)11-23-14(9-10-26-3)21-15-16(23)12-7-5-6-8-13(12)20-17(15)19/h22H,5-11H2,1-4H3,(H2,19,20). The summed E-state index contributed by atoms with van der Waals surface area (Å²) >= 11 is 0. The van der Waals surface area contributed by atoms with Crippen molar-refractivity contribution in [2.45, 2.75) is 58.0 Å². The molecule has 9 heteroatoms. The van der Waals surface area contributed by atoms with Gasteiger partial charge in [0, 0.05) is 31.3 Å². The van der Waals surface area contributed by atoms with E-state index in [2.05, 4.69) is 14.3 Å². The molecule has 1 aliphatic carbocycles. The van der Waals surface area contributed by atoms with E-state index >= 15 is 0 Å². The van der Waals surface area contributed by atoms with Crippen LogP contribution in [0.4, 0.5) is 5.82 Å². The summed E-state index contributed by atoms with van der Waals surface area (Å²) in [7, 11) is -1.69. The summed E-state index contributed by atoms with van der Waals surface area (Å²) in [5.41, 5.74) is 9.48. The Bertz CT molecular complexity index is 950. The highest BCUT2D eigenvalue weighted by molar-refractivity contribution is 7.88. The second-order valence-electron chi connectivity index (χ2n) is 7.94. The minimum Gasteiger partial charge on any atom is -0.384 e. The topological polar surface area (TPSA) is 112 Å². The number of nitrogen functional groups attached to an aromatic ring is 1. The molecule has 0 saturated heterocycles. The number of anilines is 1. The van der Waals surface area contributed by atoms with Gasteiger partial charge in [0.05, 0.1) is 18.4 Å². The quantitative estimate of drug-likeness (QED) is 0.733. The van der Waals surface area contributed by atoms with Crippen LogP contribution in [0.2, 0.25) is 0 Å². The molecular weight excluding hydrogens is 366 g/mol. The van der Waals surface area contributed by atoms with Crippen molar-refractivity contribution in [1.82, 2.24) is 19.3 Å². The van der Waals surface area contributed by atoms with Gasteiger partial charge in [-0.05, 0) is 45.1 Å². The van der Waals surface area contributed by atoms with E-state index in [-0.39, 0.29) is 0 Å². The van der Waals surface area contributed by atoms with Crippen molar-refractivity contribution in [3.63, 3.8) is 0 Å². The number of nitrogens with one attached hydrogen (secondary N) is 1. The molecule has 0 saturated carbocycles. The lowest BCUT2D eigenvalue weighted by Gasteiger charge is -2.28. The van der Waals surface area contributed by atoms with Crippen molar-refractivity contribution in [1.29, 1.82) is 0 Å². The summed E-state index contributed by atoms with van der Waals surface area (Å²) < 4.78 is 33.7. The molecule has 2 aromatic rings. The molecule has 0 atom stereocenters. The van der Waals surface area contributed by atoms with Gasteiger partial charge >= 0.3 is 0 Å². The summed E-state index contributed by atoms with van der Waals surface area (Å²) in [6, 6.07) is 0. The first-order chi connectivity index (χ1) is 12.6. The Hall–Kier alpha value is -1.71. The van der Waals surface area contributed by atoms with Crippen LogP contribution in [0.25, 0.3) is 11.0 Å². The fourth-order valence-electron chi connectivity index (χ4n) is 3.93. The van der Waals surface area contributed by atoms with Crippen LogP contribution in [-0.4, -0.2) is 48.5 Å². The number of pyridine rings is 1. The van der Waals surface area contributed by atoms with Crippen molar-refractivity contribution in [2.75, 3.05) is 25.7 Å². The molecule has 1 aliphatic rings. The summed E-state index contributed by atoms with van der Waals surface area (Å²) in [5.74, 6) is 1.28. The maximum Gasteiger partial charge on any atom is 0.209 e. The van der Waals surface area contributed by atoms with Gasteiger partial charge in [-0.2, -0.15) is 0 Å². The molecule has 0 fully saturated rings. The Morgan fingerprint density at radius 2 is 1.96 bits per heavy atom. The predicted molar refractivity (Wildman–Crippen MR) is 106 cm³/mol. The normalized spacial score (nSPS) is 15.3. The zero-order chi connectivity index (χ0) is 19.8. The molecule has 0 aromatic carbocycles. The summed E-state index contributed by atoms with van der Waals surface area (Å²) in [5, 5.41) is 0. The average molecular weight is 396 g/mol. The molecule has 2 heterocycles. The molecule has 150 valence electrons. The smallest absolute Gasteiger partial charge is 0.209 e. The lowest BCUT2D eigenvalue weighted by atomic mass is 9.94. The summed E-state index contributed by atoms with van der Waals surface area (Å²) in [4.78, 5) is 9.35. The zero-order valence-electron chi connectivity index (χ0n) is 16.5. The van der Waals surface area contributed by atoms with Gasteiger partial charge in [-0.3, -0.25) is 0 Å². The number of aryl methyl sites for hydroxylation is 2. The number of nitrogens with zero attached hydrogens (tertiary/aromatic N) is 3. The van der Waals surface area contributed by atoms with Crippen molar-refractivity contribution in [2.24, 2.45) is 0 Å².